The van der Waals surface area contributed by atoms with Crippen molar-refractivity contribution in [3.63, 3.8) is 0 Å². The van der Waals surface area contributed by atoms with E-state index in [1.54, 1.807) is 0 Å². The summed E-state index contributed by atoms with van der Waals surface area (Å²) < 4.78 is 1.44. The molecule has 0 saturated heterocycles. The smallest absolute Gasteiger partial charge is 0.372 e. The van der Waals surface area contributed by atoms with Crippen LogP contribution in [0.15, 0.2) is 24.8 Å². The van der Waals surface area contributed by atoms with E-state index < -0.39 is 29.6 Å². The fraction of sp³-hybridized carbons (Fsp3) is 0. The second kappa shape index (κ2) is 4.13. The topological polar surface area (TPSA) is 127 Å². The second-order valence-electron chi connectivity index (χ2n) is 3.13. The Morgan fingerprint density at radius 2 is 1.28 bits per heavy atom. The molecule has 0 spiro atoms. The van der Waals surface area contributed by atoms with Gasteiger partial charge >= 0.3 is 18.0 Å². The fourth-order valence-corrected chi connectivity index (χ4v) is 1.35. The first-order valence-electron chi connectivity index (χ1n) is 4.60. The molecule has 0 aromatic carbocycles. The second-order valence-corrected chi connectivity index (χ2v) is 3.13. The van der Waals surface area contributed by atoms with Gasteiger partial charge in [0.05, 0.1) is 0 Å². The van der Waals surface area contributed by atoms with Gasteiger partial charge in [-0.05, 0) is 0 Å². The highest BCUT2D eigenvalue weighted by Crippen LogP contribution is 2.04. The van der Waals surface area contributed by atoms with E-state index in [0.29, 0.717) is 0 Å². The maximum Gasteiger partial charge on any atom is 0.372 e. The number of nitrogens with zero attached hydrogens (tertiary/aromatic N) is 4. The summed E-state index contributed by atoms with van der Waals surface area (Å²) in [6.45, 7) is 0. The van der Waals surface area contributed by atoms with Gasteiger partial charge in [0.25, 0.3) is 0 Å². The zero-order valence-corrected chi connectivity index (χ0v) is 8.72. The van der Waals surface area contributed by atoms with Crippen LogP contribution in [0, 0.1) is 0 Å². The lowest BCUT2D eigenvalue weighted by molar-refractivity contribution is 0.0674. The Morgan fingerprint density at radius 1 is 0.889 bits per heavy atom. The van der Waals surface area contributed by atoms with E-state index in [-0.39, 0.29) is 0 Å². The van der Waals surface area contributed by atoms with Crippen LogP contribution in [-0.4, -0.2) is 47.3 Å². The summed E-state index contributed by atoms with van der Waals surface area (Å²) in [7, 11) is 0. The summed E-state index contributed by atoms with van der Waals surface area (Å²) in [6.07, 6.45) is 4.49. The first-order chi connectivity index (χ1) is 8.52. The van der Waals surface area contributed by atoms with Crippen LogP contribution in [-0.2, 0) is 0 Å². The molecule has 0 aliphatic heterocycles. The first-order valence-corrected chi connectivity index (χ1v) is 4.60. The number of rotatable bonds is 2. The zero-order valence-electron chi connectivity index (χ0n) is 8.72. The van der Waals surface area contributed by atoms with Crippen molar-refractivity contribution in [3.8, 4) is 0 Å². The van der Waals surface area contributed by atoms with Crippen LogP contribution in [0.3, 0.4) is 0 Å². The van der Waals surface area contributed by atoms with Gasteiger partial charge in [-0.25, -0.2) is 33.5 Å². The molecule has 0 bridgehead atoms. The van der Waals surface area contributed by atoms with Crippen molar-refractivity contribution in [2.75, 3.05) is 0 Å². The molecule has 0 fully saturated rings. The third-order valence-electron chi connectivity index (χ3n) is 2.08. The highest BCUT2D eigenvalue weighted by atomic mass is 16.4. The molecule has 9 nitrogen and oxygen atoms in total. The Hall–Kier alpha value is -2.97. The predicted molar refractivity (Wildman–Crippen MR) is 54.6 cm³/mol. The van der Waals surface area contributed by atoms with Gasteiger partial charge in [-0.1, -0.05) is 0 Å². The quantitative estimate of drug-likeness (QED) is 0.767. The lowest BCUT2D eigenvalue weighted by Gasteiger charge is -2.05. The lowest BCUT2D eigenvalue weighted by Crippen LogP contribution is -2.25. The number of carboxylic acid groups (broad SMARTS) is 2. The molecular weight excluding hydrogens is 244 g/mol. The van der Waals surface area contributed by atoms with Crippen molar-refractivity contribution in [2.24, 2.45) is 0 Å². The molecule has 18 heavy (non-hydrogen) atoms. The molecule has 2 aromatic heterocycles. The molecule has 2 heterocycles. The third kappa shape index (κ3) is 1.73. The van der Waals surface area contributed by atoms with Gasteiger partial charge in [0.1, 0.15) is 0 Å². The number of aromatic carboxylic acids is 2. The van der Waals surface area contributed by atoms with Crippen LogP contribution in [0.25, 0.3) is 0 Å². The highest BCUT2D eigenvalue weighted by molar-refractivity contribution is 5.94. The number of imidazole rings is 2. The minimum atomic E-state index is -1.40. The van der Waals surface area contributed by atoms with E-state index in [2.05, 4.69) is 9.97 Å². The van der Waals surface area contributed by atoms with Crippen LogP contribution < -0.4 is 0 Å². The monoisotopic (exact) mass is 250 g/mol. The Labute approximate surface area is 98.9 Å². The van der Waals surface area contributed by atoms with Gasteiger partial charge in [-0.3, -0.25) is 0 Å². The van der Waals surface area contributed by atoms with Gasteiger partial charge < -0.3 is 10.2 Å². The standard InChI is InChI=1S/C9H6N4O5/c14-7(15)5-10-1-3-12(5)9(18)13-4-2-11-6(13)8(16)17/h1-4H,(H,14,15)(H,16,17). The van der Waals surface area contributed by atoms with Crippen molar-refractivity contribution in [1.82, 2.24) is 19.1 Å². The predicted octanol–water partition coefficient (Wildman–Crippen LogP) is -0.00760. The van der Waals surface area contributed by atoms with Crippen LogP contribution in [0.4, 0.5) is 4.79 Å². The largest absolute Gasteiger partial charge is 0.475 e. The Balaban J connectivity index is 2.48. The average molecular weight is 250 g/mol. The maximum absolute atomic E-state index is 11.9. The van der Waals surface area contributed by atoms with Gasteiger partial charge in [0, 0.05) is 24.8 Å². The van der Waals surface area contributed by atoms with E-state index in [1.165, 1.54) is 0 Å². The molecule has 0 radical (unpaired) electrons. The summed E-state index contributed by atoms with van der Waals surface area (Å²) in [5.74, 6) is -3.81. The molecule has 2 rings (SSSR count). The summed E-state index contributed by atoms with van der Waals surface area (Å²) in [6, 6.07) is -0.889. The van der Waals surface area contributed by atoms with E-state index in [9.17, 15) is 14.4 Å². The minimum Gasteiger partial charge on any atom is -0.475 e. The van der Waals surface area contributed by atoms with Gasteiger partial charge in [-0.15, -0.1) is 0 Å². The number of carbonyl (C=O) groups is 3. The van der Waals surface area contributed by atoms with Gasteiger partial charge in [0.2, 0.25) is 11.6 Å². The number of carbonyl (C=O) groups excluding carboxylic acids is 1. The molecule has 2 N–H and O–H groups in total. The average Bonchev–Trinajstić information content (AvgIpc) is 2.97. The summed E-state index contributed by atoms with van der Waals surface area (Å²) in [4.78, 5) is 40.5. The summed E-state index contributed by atoms with van der Waals surface area (Å²) in [5, 5.41) is 17.6. The number of hydrogen-bond donors (Lipinski definition) is 2. The number of aromatic nitrogens is 4. The molecular formula is C9H6N4O5. The Bertz CT molecular complexity index is 587. The SMILES string of the molecule is O=C(O)c1nccn1C(=O)n1ccnc1C(=O)O. The van der Waals surface area contributed by atoms with Crippen molar-refractivity contribution >= 4 is 18.0 Å². The highest BCUT2D eigenvalue weighted by Gasteiger charge is 2.22. The van der Waals surface area contributed by atoms with Gasteiger partial charge in [0.15, 0.2) is 0 Å². The molecule has 0 unspecified atom stereocenters. The van der Waals surface area contributed by atoms with Crippen molar-refractivity contribution in [1.29, 1.82) is 0 Å². The summed E-state index contributed by atoms with van der Waals surface area (Å²) in [5.41, 5.74) is 0. The molecule has 2 aromatic rings. The van der Waals surface area contributed by atoms with Crippen LogP contribution in [0.5, 0.6) is 0 Å². The minimum absolute atomic E-state index is 0.509. The van der Waals surface area contributed by atoms with E-state index in [0.717, 1.165) is 33.9 Å². The molecule has 0 aliphatic carbocycles. The van der Waals surface area contributed by atoms with Gasteiger partial charge in [-0.2, -0.15) is 0 Å². The number of hydrogen-bond acceptors (Lipinski definition) is 5. The van der Waals surface area contributed by atoms with E-state index in [1.807, 2.05) is 0 Å². The fourth-order valence-electron chi connectivity index (χ4n) is 1.35. The molecule has 0 aliphatic rings. The molecule has 0 saturated carbocycles. The van der Waals surface area contributed by atoms with Crippen LogP contribution in [0.1, 0.15) is 21.2 Å². The molecule has 0 atom stereocenters. The molecule has 0 amide bonds. The van der Waals surface area contributed by atoms with Crippen molar-refractivity contribution in [3.05, 3.63) is 36.4 Å². The first kappa shape index (κ1) is 11.5. The van der Waals surface area contributed by atoms with Crippen molar-refractivity contribution < 1.29 is 24.6 Å². The van der Waals surface area contributed by atoms with Crippen LogP contribution in [0.2, 0.25) is 0 Å². The van der Waals surface area contributed by atoms with E-state index >= 15 is 0 Å². The Morgan fingerprint density at radius 3 is 1.61 bits per heavy atom. The lowest BCUT2D eigenvalue weighted by atomic mass is 10.5. The normalized spacial score (nSPS) is 10.2. The summed E-state index contributed by atoms with van der Waals surface area (Å²) >= 11 is 0. The van der Waals surface area contributed by atoms with Crippen molar-refractivity contribution in [2.45, 2.75) is 0 Å². The zero-order chi connectivity index (χ0) is 13.3. The maximum atomic E-state index is 11.9. The Kier molecular flexibility index (Phi) is 2.64. The third-order valence-corrected chi connectivity index (χ3v) is 2.08. The number of carboxylic acids is 2. The molecule has 92 valence electrons. The van der Waals surface area contributed by atoms with Crippen LogP contribution >= 0.6 is 0 Å². The molecule has 9 heteroatoms. The van der Waals surface area contributed by atoms with E-state index in [4.69, 9.17) is 10.2 Å².